The van der Waals surface area contributed by atoms with E-state index in [9.17, 15) is 8.42 Å². The molecular formula is C20H22ClN3O2S. The van der Waals surface area contributed by atoms with Crippen molar-refractivity contribution >= 4 is 38.2 Å². The Kier molecular flexibility index (Phi) is 4.88. The molecule has 0 radical (unpaired) electrons. The normalized spacial score (nSPS) is 18.2. The van der Waals surface area contributed by atoms with Crippen LogP contribution in [-0.2, 0) is 16.4 Å². The van der Waals surface area contributed by atoms with Crippen LogP contribution in [0.5, 0.6) is 0 Å². The molecule has 0 bridgehead atoms. The zero-order chi connectivity index (χ0) is 19.0. The SMILES string of the molecule is CN1CCC[C@@H]1Cc1c[nH]c2ccc(NS(=O)(=O)c3cccc(Cl)c3)cc12. The molecule has 2 aromatic carbocycles. The number of likely N-dealkylation sites (tertiary alicyclic amines) is 1. The van der Waals surface area contributed by atoms with Gasteiger partial charge in [0.1, 0.15) is 0 Å². The number of hydrogen-bond acceptors (Lipinski definition) is 3. The lowest BCUT2D eigenvalue weighted by Gasteiger charge is -2.18. The van der Waals surface area contributed by atoms with Gasteiger partial charge in [0.25, 0.3) is 10.0 Å². The first-order valence-corrected chi connectivity index (χ1v) is 10.9. The number of nitrogens with zero attached hydrogens (tertiary/aromatic N) is 1. The number of sulfonamides is 1. The molecule has 1 aliphatic heterocycles. The summed E-state index contributed by atoms with van der Waals surface area (Å²) in [6.07, 6.45) is 5.42. The van der Waals surface area contributed by atoms with E-state index in [0.29, 0.717) is 16.8 Å². The largest absolute Gasteiger partial charge is 0.361 e. The molecule has 0 amide bonds. The number of hydrogen-bond donors (Lipinski definition) is 2. The molecule has 0 aliphatic carbocycles. The van der Waals surface area contributed by atoms with Crippen LogP contribution in [0.25, 0.3) is 10.9 Å². The summed E-state index contributed by atoms with van der Waals surface area (Å²) in [6, 6.07) is 12.4. The van der Waals surface area contributed by atoms with Crippen LogP contribution in [0.15, 0.2) is 53.6 Å². The minimum atomic E-state index is -3.68. The molecular weight excluding hydrogens is 382 g/mol. The quantitative estimate of drug-likeness (QED) is 0.669. The van der Waals surface area contributed by atoms with E-state index in [1.807, 2.05) is 18.3 Å². The zero-order valence-corrected chi connectivity index (χ0v) is 16.6. The first-order valence-electron chi connectivity index (χ1n) is 9.01. The second-order valence-electron chi connectivity index (χ2n) is 7.12. The van der Waals surface area contributed by atoms with E-state index >= 15 is 0 Å². The Morgan fingerprint density at radius 1 is 1.26 bits per heavy atom. The fraction of sp³-hybridized carbons (Fsp3) is 0.300. The van der Waals surface area contributed by atoms with Gasteiger partial charge in [0, 0.05) is 33.9 Å². The Morgan fingerprint density at radius 3 is 2.85 bits per heavy atom. The summed E-state index contributed by atoms with van der Waals surface area (Å²) in [4.78, 5) is 5.84. The third kappa shape index (κ3) is 3.83. The standard InChI is InChI=1S/C20H22ClN3O2S/c1-24-9-3-5-17(24)10-14-13-22-20-8-7-16(12-19(14)20)23-27(25,26)18-6-2-4-15(21)11-18/h2,4,6-8,11-13,17,22-23H,3,5,9-10H2,1H3/t17-/m1/s1. The number of benzene rings is 2. The second kappa shape index (κ2) is 7.19. The van der Waals surface area contributed by atoms with Crippen LogP contribution in [-0.4, -0.2) is 37.9 Å². The van der Waals surface area contributed by atoms with Crippen LogP contribution in [0.3, 0.4) is 0 Å². The number of likely N-dealkylation sites (N-methyl/N-ethyl adjacent to an activating group) is 1. The van der Waals surface area contributed by atoms with Gasteiger partial charge in [0.2, 0.25) is 0 Å². The van der Waals surface area contributed by atoms with Gasteiger partial charge in [0.05, 0.1) is 4.90 Å². The summed E-state index contributed by atoms with van der Waals surface area (Å²) < 4.78 is 28.0. The zero-order valence-electron chi connectivity index (χ0n) is 15.1. The summed E-state index contributed by atoms with van der Waals surface area (Å²) in [5.41, 5.74) is 2.77. The molecule has 3 aromatic rings. The summed E-state index contributed by atoms with van der Waals surface area (Å²) in [6.45, 7) is 1.14. The van der Waals surface area contributed by atoms with Gasteiger partial charge in [-0.05, 0) is 74.8 Å². The second-order valence-corrected chi connectivity index (χ2v) is 9.24. The van der Waals surface area contributed by atoms with E-state index in [1.165, 1.54) is 30.5 Å². The number of halogens is 1. The van der Waals surface area contributed by atoms with E-state index < -0.39 is 10.0 Å². The summed E-state index contributed by atoms with van der Waals surface area (Å²) in [5, 5.41) is 1.45. The van der Waals surface area contributed by atoms with Crippen molar-refractivity contribution in [2.24, 2.45) is 0 Å². The smallest absolute Gasteiger partial charge is 0.261 e. The van der Waals surface area contributed by atoms with Crippen molar-refractivity contribution in [1.82, 2.24) is 9.88 Å². The molecule has 2 heterocycles. The van der Waals surface area contributed by atoms with E-state index in [1.54, 1.807) is 18.2 Å². The van der Waals surface area contributed by atoms with Crippen LogP contribution in [0.2, 0.25) is 5.02 Å². The maximum Gasteiger partial charge on any atom is 0.261 e. The van der Waals surface area contributed by atoms with E-state index in [4.69, 9.17) is 11.6 Å². The van der Waals surface area contributed by atoms with Gasteiger partial charge in [-0.3, -0.25) is 4.72 Å². The average Bonchev–Trinajstić information content (AvgIpc) is 3.21. The molecule has 1 fully saturated rings. The lowest BCUT2D eigenvalue weighted by molar-refractivity contribution is 0.310. The Labute approximate surface area is 164 Å². The van der Waals surface area contributed by atoms with Crippen LogP contribution in [0.1, 0.15) is 18.4 Å². The Hall–Kier alpha value is -2.02. The van der Waals surface area contributed by atoms with Crippen LogP contribution < -0.4 is 4.72 Å². The van der Waals surface area contributed by atoms with Gasteiger partial charge in [-0.2, -0.15) is 0 Å². The number of rotatable bonds is 5. The van der Waals surface area contributed by atoms with Gasteiger partial charge < -0.3 is 9.88 Å². The van der Waals surface area contributed by atoms with Gasteiger partial charge in [-0.25, -0.2) is 8.42 Å². The van der Waals surface area contributed by atoms with Crippen molar-refractivity contribution < 1.29 is 8.42 Å². The highest BCUT2D eigenvalue weighted by Crippen LogP contribution is 2.28. The van der Waals surface area contributed by atoms with E-state index in [0.717, 1.165) is 23.9 Å². The van der Waals surface area contributed by atoms with Crippen LogP contribution >= 0.6 is 11.6 Å². The van der Waals surface area contributed by atoms with Gasteiger partial charge >= 0.3 is 0 Å². The Bertz CT molecular complexity index is 1080. The van der Waals surface area contributed by atoms with Gasteiger partial charge in [-0.15, -0.1) is 0 Å². The number of nitrogens with one attached hydrogen (secondary N) is 2. The first kappa shape index (κ1) is 18.3. The minimum absolute atomic E-state index is 0.150. The fourth-order valence-electron chi connectivity index (χ4n) is 3.75. The number of H-pyrrole nitrogens is 1. The highest BCUT2D eigenvalue weighted by atomic mass is 35.5. The molecule has 0 saturated carbocycles. The van der Waals surface area contributed by atoms with Gasteiger partial charge in [0.15, 0.2) is 0 Å². The first-order chi connectivity index (χ1) is 12.9. The molecule has 5 nitrogen and oxygen atoms in total. The molecule has 2 N–H and O–H groups in total. The molecule has 1 saturated heterocycles. The highest BCUT2D eigenvalue weighted by molar-refractivity contribution is 7.92. The molecule has 4 rings (SSSR count). The van der Waals surface area contributed by atoms with Crippen LogP contribution in [0, 0.1) is 0 Å². The maximum absolute atomic E-state index is 12.7. The van der Waals surface area contributed by atoms with Crippen molar-refractivity contribution in [3.8, 4) is 0 Å². The molecule has 1 aliphatic rings. The van der Waals surface area contributed by atoms with Crippen molar-refractivity contribution in [3.05, 3.63) is 59.2 Å². The van der Waals surface area contributed by atoms with E-state index in [-0.39, 0.29) is 4.90 Å². The average molecular weight is 404 g/mol. The lowest BCUT2D eigenvalue weighted by Crippen LogP contribution is -2.26. The van der Waals surface area contributed by atoms with Gasteiger partial charge in [-0.1, -0.05) is 17.7 Å². The summed E-state index contributed by atoms with van der Waals surface area (Å²) in [7, 11) is -1.52. The predicted octanol–water partition coefficient (Wildman–Crippen LogP) is 4.26. The third-order valence-electron chi connectivity index (χ3n) is 5.25. The van der Waals surface area contributed by atoms with Crippen molar-refractivity contribution in [3.63, 3.8) is 0 Å². The number of aromatic nitrogens is 1. The Morgan fingerprint density at radius 2 is 2.11 bits per heavy atom. The predicted molar refractivity (Wildman–Crippen MR) is 110 cm³/mol. The monoisotopic (exact) mass is 403 g/mol. The lowest BCUT2D eigenvalue weighted by atomic mass is 10.0. The Balaban J connectivity index is 1.62. The highest BCUT2D eigenvalue weighted by Gasteiger charge is 2.22. The molecule has 1 atom stereocenters. The topological polar surface area (TPSA) is 65.2 Å². The molecule has 7 heteroatoms. The number of anilines is 1. The van der Waals surface area contributed by atoms with E-state index in [2.05, 4.69) is 21.7 Å². The number of aromatic amines is 1. The van der Waals surface area contributed by atoms with Crippen molar-refractivity contribution in [2.45, 2.75) is 30.2 Å². The van der Waals surface area contributed by atoms with Crippen molar-refractivity contribution in [1.29, 1.82) is 0 Å². The minimum Gasteiger partial charge on any atom is -0.361 e. The number of fused-ring (bicyclic) bond motifs is 1. The summed E-state index contributed by atoms with van der Waals surface area (Å²) >= 11 is 5.93. The molecule has 0 unspecified atom stereocenters. The molecule has 0 spiro atoms. The fourth-order valence-corrected chi connectivity index (χ4v) is 5.10. The molecule has 142 valence electrons. The molecule has 1 aromatic heterocycles. The maximum atomic E-state index is 12.7. The van der Waals surface area contributed by atoms with Crippen LogP contribution in [0.4, 0.5) is 5.69 Å². The third-order valence-corrected chi connectivity index (χ3v) is 6.87. The molecule has 27 heavy (non-hydrogen) atoms. The summed E-state index contributed by atoms with van der Waals surface area (Å²) in [5.74, 6) is 0. The van der Waals surface area contributed by atoms with Crippen molar-refractivity contribution in [2.75, 3.05) is 18.3 Å².